The van der Waals surface area contributed by atoms with Gasteiger partial charge in [0.1, 0.15) is 0 Å². The molecule has 78 valence electrons. The summed E-state index contributed by atoms with van der Waals surface area (Å²) in [5.41, 5.74) is 0.263. The van der Waals surface area contributed by atoms with Gasteiger partial charge in [0.05, 0.1) is 25.3 Å². The second kappa shape index (κ2) is 2.40. The van der Waals surface area contributed by atoms with Crippen molar-refractivity contribution in [2.75, 3.05) is 13.2 Å². The van der Waals surface area contributed by atoms with Crippen LogP contribution in [0.5, 0.6) is 0 Å². The summed E-state index contributed by atoms with van der Waals surface area (Å²) in [6.07, 6.45) is 11.3. The molecule has 5 rings (SSSR count). The van der Waals surface area contributed by atoms with E-state index in [0.29, 0.717) is 12.1 Å². The summed E-state index contributed by atoms with van der Waals surface area (Å²) >= 11 is 0. The van der Waals surface area contributed by atoms with Crippen molar-refractivity contribution in [3.63, 3.8) is 0 Å². The molecule has 0 N–H and O–H groups in total. The number of rotatable bonds is 0. The molecule has 3 nitrogen and oxygen atoms in total. The van der Waals surface area contributed by atoms with E-state index in [-0.39, 0.29) is 10.8 Å². The Morgan fingerprint density at radius 3 is 1.93 bits per heavy atom. The van der Waals surface area contributed by atoms with Gasteiger partial charge in [0.2, 0.25) is 0 Å². The van der Waals surface area contributed by atoms with Gasteiger partial charge in [-0.2, -0.15) is 10.2 Å². The van der Waals surface area contributed by atoms with Crippen LogP contribution in [0.2, 0.25) is 0 Å². The van der Waals surface area contributed by atoms with Crippen molar-refractivity contribution in [1.82, 2.24) is 0 Å². The Hall–Kier alpha value is -0.960. The molecule has 2 bridgehead atoms. The van der Waals surface area contributed by atoms with Gasteiger partial charge in [0.25, 0.3) is 0 Å². The lowest BCUT2D eigenvalue weighted by atomic mass is 9.51. The summed E-state index contributed by atoms with van der Waals surface area (Å²) in [6.45, 7) is 1.65. The molecule has 3 aliphatic heterocycles. The summed E-state index contributed by atoms with van der Waals surface area (Å²) in [5, 5.41) is 8.94. The Morgan fingerprint density at radius 2 is 1.47 bits per heavy atom. The second-order valence-electron chi connectivity index (χ2n) is 5.13. The van der Waals surface area contributed by atoms with Gasteiger partial charge in [-0.05, 0) is 12.8 Å². The lowest BCUT2D eigenvalue weighted by Crippen LogP contribution is -2.58. The minimum Gasteiger partial charge on any atom is -0.379 e. The molecule has 0 spiro atoms. The average Bonchev–Trinajstić information content (AvgIpc) is 2.73. The minimum atomic E-state index is 0.131. The number of hydrogen-bond donors (Lipinski definition) is 0. The fourth-order valence-electron chi connectivity index (χ4n) is 3.87. The molecule has 1 saturated carbocycles. The Morgan fingerprint density at radius 1 is 0.933 bits per heavy atom. The topological polar surface area (TPSA) is 34.0 Å². The van der Waals surface area contributed by atoms with Crippen LogP contribution in [0.1, 0.15) is 12.8 Å². The van der Waals surface area contributed by atoms with Crippen molar-refractivity contribution in [3.05, 3.63) is 24.3 Å². The number of azo groups is 1. The molecule has 4 atom stereocenters. The number of fused-ring (bicyclic) bond motifs is 1. The van der Waals surface area contributed by atoms with Crippen molar-refractivity contribution in [3.8, 4) is 0 Å². The molecule has 0 aromatic carbocycles. The zero-order valence-corrected chi connectivity index (χ0v) is 8.60. The Labute approximate surface area is 88.9 Å². The normalized spacial score (nSPS) is 54.4. The highest BCUT2D eigenvalue weighted by atomic mass is 16.5. The quantitative estimate of drug-likeness (QED) is 0.592. The number of allylic oxidation sites excluding steroid dienone is 2. The first-order chi connectivity index (χ1) is 7.37. The second-order valence-corrected chi connectivity index (χ2v) is 5.13. The van der Waals surface area contributed by atoms with Gasteiger partial charge in [0.15, 0.2) is 0 Å². The van der Waals surface area contributed by atoms with Crippen LogP contribution in [-0.2, 0) is 4.74 Å². The predicted octanol–water partition coefficient (Wildman–Crippen LogP) is 2.11. The standard InChI is InChI=1S/C12H14N2O/c1-2-6-12-8-15-7-11(12,5-1)9-3-4-10(12)14-13-9/h1-2,5-6,9-10H,3-4,7-8H2/t9-,10?,11+,12?/m0/s1. The predicted molar refractivity (Wildman–Crippen MR) is 55.6 cm³/mol. The third-order valence-electron chi connectivity index (χ3n) is 4.69. The first-order valence-corrected chi connectivity index (χ1v) is 5.72. The molecule has 3 heteroatoms. The van der Waals surface area contributed by atoms with E-state index in [1.54, 1.807) is 0 Å². The maximum absolute atomic E-state index is 5.78. The number of nitrogens with zero attached hydrogens (tertiary/aromatic N) is 2. The van der Waals surface area contributed by atoms with E-state index in [1.165, 1.54) is 12.8 Å². The summed E-state index contributed by atoms with van der Waals surface area (Å²) in [4.78, 5) is 0. The van der Waals surface area contributed by atoms with Crippen LogP contribution < -0.4 is 0 Å². The molecule has 0 aromatic rings. The lowest BCUT2D eigenvalue weighted by Gasteiger charge is -2.54. The molecule has 2 unspecified atom stereocenters. The van der Waals surface area contributed by atoms with E-state index in [4.69, 9.17) is 4.74 Å². The fraction of sp³-hybridized carbons (Fsp3) is 0.667. The maximum atomic E-state index is 5.78. The summed E-state index contributed by atoms with van der Waals surface area (Å²) in [7, 11) is 0. The molecule has 3 heterocycles. The minimum absolute atomic E-state index is 0.131. The van der Waals surface area contributed by atoms with Crippen LogP contribution in [-0.4, -0.2) is 25.3 Å². The van der Waals surface area contributed by atoms with Gasteiger partial charge in [-0.1, -0.05) is 24.3 Å². The van der Waals surface area contributed by atoms with Crippen LogP contribution in [0, 0.1) is 10.8 Å². The van der Waals surface area contributed by atoms with Crippen molar-refractivity contribution in [2.24, 2.45) is 21.1 Å². The highest BCUT2D eigenvalue weighted by Gasteiger charge is 2.66. The highest BCUT2D eigenvalue weighted by molar-refractivity contribution is 5.35. The zero-order valence-electron chi connectivity index (χ0n) is 8.60. The Kier molecular flexibility index (Phi) is 1.32. The van der Waals surface area contributed by atoms with E-state index in [1.807, 2.05) is 0 Å². The van der Waals surface area contributed by atoms with Crippen LogP contribution in [0.25, 0.3) is 0 Å². The first kappa shape index (κ1) is 8.22. The summed E-state index contributed by atoms with van der Waals surface area (Å²) in [6, 6.07) is 0.706. The molecular formula is C12H14N2O. The maximum Gasteiger partial charge on any atom is 0.0832 e. The number of hydrogen-bond acceptors (Lipinski definition) is 3. The van der Waals surface area contributed by atoms with Gasteiger partial charge >= 0.3 is 0 Å². The van der Waals surface area contributed by atoms with Crippen LogP contribution in [0.15, 0.2) is 34.5 Å². The van der Waals surface area contributed by atoms with Gasteiger partial charge in [-0.15, -0.1) is 0 Å². The highest BCUT2D eigenvalue weighted by Crippen LogP contribution is 2.62. The monoisotopic (exact) mass is 202 g/mol. The van der Waals surface area contributed by atoms with Crippen molar-refractivity contribution in [2.45, 2.75) is 24.9 Å². The van der Waals surface area contributed by atoms with Crippen molar-refractivity contribution in [1.29, 1.82) is 0 Å². The molecular weight excluding hydrogens is 188 g/mol. The van der Waals surface area contributed by atoms with Gasteiger partial charge < -0.3 is 4.74 Å². The van der Waals surface area contributed by atoms with E-state index >= 15 is 0 Å². The Bertz CT molecular complexity index is 364. The molecule has 0 amide bonds. The molecule has 1 saturated heterocycles. The average molecular weight is 202 g/mol. The SMILES string of the molecule is C1=CC23COC[C@]2(C=C1)[C@@H]1CCC3N=N1. The molecule has 2 aliphatic carbocycles. The zero-order chi connectivity index (χ0) is 9.93. The van der Waals surface area contributed by atoms with E-state index in [0.717, 1.165) is 13.2 Å². The fourth-order valence-corrected chi connectivity index (χ4v) is 3.87. The van der Waals surface area contributed by atoms with Crippen LogP contribution in [0.3, 0.4) is 0 Å². The van der Waals surface area contributed by atoms with Crippen molar-refractivity contribution >= 4 is 0 Å². The molecule has 0 aromatic heterocycles. The lowest BCUT2D eigenvalue weighted by molar-refractivity contribution is 0.0465. The summed E-state index contributed by atoms with van der Waals surface area (Å²) < 4.78 is 5.78. The number of ether oxygens (including phenoxy) is 1. The third kappa shape index (κ3) is 0.718. The van der Waals surface area contributed by atoms with Crippen LogP contribution >= 0.6 is 0 Å². The van der Waals surface area contributed by atoms with E-state index in [2.05, 4.69) is 34.5 Å². The Balaban J connectivity index is 1.99. The summed E-state index contributed by atoms with van der Waals surface area (Å²) in [5.74, 6) is 0. The first-order valence-electron chi connectivity index (χ1n) is 5.72. The third-order valence-corrected chi connectivity index (χ3v) is 4.69. The van der Waals surface area contributed by atoms with Gasteiger partial charge in [0, 0.05) is 10.8 Å². The molecule has 2 fully saturated rings. The smallest absolute Gasteiger partial charge is 0.0832 e. The molecule has 0 radical (unpaired) electrons. The largest absolute Gasteiger partial charge is 0.379 e. The van der Waals surface area contributed by atoms with E-state index < -0.39 is 0 Å². The van der Waals surface area contributed by atoms with Gasteiger partial charge in [-0.3, -0.25) is 0 Å². The molecule has 5 aliphatic rings. The molecule has 15 heavy (non-hydrogen) atoms. The van der Waals surface area contributed by atoms with Crippen LogP contribution in [0.4, 0.5) is 0 Å². The van der Waals surface area contributed by atoms with Gasteiger partial charge in [-0.25, -0.2) is 0 Å². The van der Waals surface area contributed by atoms with E-state index in [9.17, 15) is 0 Å². The van der Waals surface area contributed by atoms with Crippen molar-refractivity contribution < 1.29 is 4.74 Å².